The minimum Gasteiger partial charge on any atom is -0.309 e. The Morgan fingerprint density at radius 3 is 2.63 bits per heavy atom. The van der Waals surface area contributed by atoms with Crippen LogP contribution in [0.25, 0.3) is 0 Å². The molecule has 19 heavy (non-hydrogen) atoms. The summed E-state index contributed by atoms with van der Waals surface area (Å²) in [7, 11) is 0. The van der Waals surface area contributed by atoms with Crippen LogP contribution < -0.4 is 5.32 Å². The second kappa shape index (κ2) is 4.66. The van der Waals surface area contributed by atoms with Gasteiger partial charge in [-0.1, -0.05) is 41.0 Å². The predicted molar refractivity (Wildman–Crippen MR) is 77.0 cm³/mol. The van der Waals surface area contributed by atoms with Crippen molar-refractivity contribution in [2.24, 2.45) is 11.3 Å². The summed E-state index contributed by atoms with van der Waals surface area (Å²) in [5.74, 6) is 0.842. The lowest BCUT2D eigenvalue weighted by Crippen LogP contribution is -2.30. The number of hydrogen-bond donors (Lipinski definition) is 2. The van der Waals surface area contributed by atoms with Crippen molar-refractivity contribution in [2.45, 2.75) is 59.3 Å². The molecule has 4 heteroatoms. The van der Waals surface area contributed by atoms with E-state index >= 15 is 0 Å². The Balaban J connectivity index is 2.05. The van der Waals surface area contributed by atoms with Crippen molar-refractivity contribution in [2.75, 3.05) is 5.32 Å². The van der Waals surface area contributed by atoms with Crippen LogP contribution in [0.3, 0.4) is 0 Å². The molecule has 1 saturated carbocycles. The van der Waals surface area contributed by atoms with Crippen LogP contribution in [-0.2, 0) is 10.2 Å². The molecule has 4 nitrogen and oxygen atoms in total. The monoisotopic (exact) mass is 263 g/mol. The Morgan fingerprint density at radius 2 is 2.16 bits per heavy atom. The van der Waals surface area contributed by atoms with Gasteiger partial charge in [-0.3, -0.25) is 9.89 Å². The van der Waals surface area contributed by atoms with Gasteiger partial charge >= 0.3 is 0 Å². The van der Waals surface area contributed by atoms with Crippen molar-refractivity contribution in [3.63, 3.8) is 0 Å². The van der Waals surface area contributed by atoms with Gasteiger partial charge in [0.05, 0.1) is 0 Å². The minimum atomic E-state index is 0.0165. The Bertz CT molecular complexity index is 468. The highest BCUT2D eigenvalue weighted by molar-refractivity contribution is 5.92. The molecule has 1 heterocycles. The average Bonchev–Trinajstić information content (AvgIpc) is 2.83. The molecule has 1 aromatic heterocycles. The summed E-state index contributed by atoms with van der Waals surface area (Å²) < 4.78 is 0. The highest BCUT2D eigenvalue weighted by atomic mass is 16.2. The molecule has 0 radical (unpaired) electrons. The van der Waals surface area contributed by atoms with Gasteiger partial charge in [0, 0.05) is 23.1 Å². The molecule has 0 saturated heterocycles. The second-order valence-electron chi connectivity index (χ2n) is 7.34. The van der Waals surface area contributed by atoms with E-state index in [9.17, 15) is 4.79 Å². The van der Waals surface area contributed by atoms with Gasteiger partial charge in [-0.25, -0.2) is 0 Å². The third-order valence-corrected chi connectivity index (χ3v) is 4.21. The van der Waals surface area contributed by atoms with Crippen LogP contribution in [0.5, 0.6) is 0 Å². The number of anilines is 1. The molecule has 1 amide bonds. The SMILES string of the molecule is CC(C)(C)c1cc(NC(=O)C2CCCC2(C)C)n[nH]1. The Labute approximate surface area is 115 Å². The van der Waals surface area contributed by atoms with Crippen LogP contribution in [-0.4, -0.2) is 16.1 Å². The number of carbonyl (C=O) groups is 1. The van der Waals surface area contributed by atoms with E-state index in [1.54, 1.807) is 0 Å². The van der Waals surface area contributed by atoms with Gasteiger partial charge in [-0.05, 0) is 18.3 Å². The molecule has 1 aliphatic rings. The van der Waals surface area contributed by atoms with Crippen molar-refractivity contribution >= 4 is 11.7 Å². The second-order valence-corrected chi connectivity index (χ2v) is 7.34. The van der Waals surface area contributed by atoms with Crippen LogP contribution in [0.4, 0.5) is 5.82 Å². The molecule has 1 aromatic rings. The van der Waals surface area contributed by atoms with Gasteiger partial charge in [-0.2, -0.15) is 5.10 Å². The fraction of sp³-hybridized carbons (Fsp3) is 0.733. The van der Waals surface area contributed by atoms with Crippen molar-refractivity contribution in [3.8, 4) is 0 Å². The first-order valence-electron chi connectivity index (χ1n) is 7.07. The maximum Gasteiger partial charge on any atom is 0.229 e. The average molecular weight is 263 g/mol. The molecular formula is C15H25N3O. The molecule has 1 atom stereocenters. The standard InChI is InChI=1S/C15H25N3O/c1-14(2,3)11-9-12(18-17-11)16-13(19)10-7-6-8-15(10,4)5/h9-10H,6-8H2,1-5H3,(H2,16,17,18,19). The number of hydrogen-bond acceptors (Lipinski definition) is 2. The fourth-order valence-corrected chi connectivity index (χ4v) is 2.80. The molecule has 0 bridgehead atoms. The zero-order chi connectivity index (χ0) is 14.3. The summed E-state index contributed by atoms with van der Waals surface area (Å²) in [5.41, 5.74) is 1.16. The van der Waals surface area contributed by atoms with Crippen molar-refractivity contribution < 1.29 is 4.79 Å². The number of amides is 1. The van der Waals surface area contributed by atoms with Crippen LogP contribution in [0.2, 0.25) is 0 Å². The number of nitrogens with zero attached hydrogens (tertiary/aromatic N) is 1. The summed E-state index contributed by atoms with van der Waals surface area (Å²) in [4.78, 5) is 12.3. The third kappa shape index (κ3) is 2.99. The highest BCUT2D eigenvalue weighted by Gasteiger charge is 2.39. The largest absolute Gasteiger partial charge is 0.309 e. The van der Waals surface area contributed by atoms with Crippen molar-refractivity contribution in [3.05, 3.63) is 11.8 Å². The van der Waals surface area contributed by atoms with E-state index in [-0.39, 0.29) is 22.7 Å². The van der Waals surface area contributed by atoms with Gasteiger partial charge in [0.15, 0.2) is 5.82 Å². The lowest BCUT2D eigenvalue weighted by molar-refractivity contribution is -0.122. The van der Waals surface area contributed by atoms with Crippen LogP contribution in [0.15, 0.2) is 6.07 Å². The predicted octanol–water partition coefficient (Wildman–Crippen LogP) is 3.47. The summed E-state index contributed by atoms with van der Waals surface area (Å²) in [6.07, 6.45) is 3.24. The van der Waals surface area contributed by atoms with Crippen molar-refractivity contribution in [1.29, 1.82) is 0 Å². The smallest absolute Gasteiger partial charge is 0.229 e. The topological polar surface area (TPSA) is 57.8 Å². The Hall–Kier alpha value is -1.32. The molecule has 2 N–H and O–H groups in total. The molecule has 1 fully saturated rings. The van der Waals surface area contributed by atoms with E-state index in [2.05, 4.69) is 50.1 Å². The summed E-state index contributed by atoms with van der Waals surface area (Å²) in [5, 5.41) is 10.1. The number of rotatable bonds is 2. The molecule has 0 spiro atoms. The Kier molecular flexibility index (Phi) is 3.45. The molecule has 1 aliphatic carbocycles. The molecule has 0 aromatic carbocycles. The van der Waals surface area contributed by atoms with E-state index in [4.69, 9.17) is 0 Å². The maximum absolute atomic E-state index is 12.3. The highest BCUT2D eigenvalue weighted by Crippen LogP contribution is 2.43. The quantitative estimate of drug-likeness (QED) is 0.858. The van der Waals surface area contributed by atoms with E-state index in [1.807, 2.05) is 6.07 Å². The number of carbonyl (C=O) groups excluding carboxylic acids is 1. The van der Waals surface area contributed by atoms with Gasteiger partial charge in [0.25, 0.3) is 0 Å². The zero-order valence-corrected chi connectivity index (χ0v) is 12.6. The number of H-pyrrole nitrogens is 1. The van der Waals surface area contributed by atoms with Gasteiger partial charge in [0.2, 0.25) is 5.91 Å². The summed E-state index contributed by atoms with van der Waals surface area (Å²) in [6, 6.07) is 1.93. The first-order chi connectivity index (χ1) is 8.70. The van der Waals surface area contributed by atoms with E-state index < -0.39 is 0 Å². The third-order valence-electron chi connectivity index (χ3n) is 4.21. The molecule has 1 unspecified atom stereocenters. The summed E-state index contributed by atoms with van der Waals surface area (Å²) >= 11 is 0. The molecular weight excluding hydrogens is 238 g/mol. The lowest BCUT2D eigenvalue weighted by atomic mass is 9.81. The number of aromatic amines is 1. The van der Waals surface area contributed by atoms with Crippen molar-refractivity contribution in [1.82, 2.24) is 10.2 Å². The molecule has 0 aliphatic heterocycles. The normalized spacial score (nSPS) is 22.5. The van der Waals surface area contributed by atoms with Crippen LogP contribution in [0, 0.1) is 11.3 Å². The summed E-state index contributed by atoms with van der Waals surface area (Å²) in [6.45, 7) is 10.7. The van der Waals surface area contributed by atoms with Crippen LogP contribution >= 0.6 is 0 Å². The fourth-order valence-electron chi connectivity index (χ4n) is 2.80. The van der Waals surface area contributed by atoms with Gasteiger partial charge in [-0.15, -0.1) is 0 Å². The van der Waals surface area contributed by atoms with E-state index in [0.717, 1.165) is 25.0 Å². The zero-order valence-electron chi connectivity index (χ0n) is 12.6. The van der Waals surface area contributed by atoms with E-state index in [0.29, 0.717) is 5.82 Å². The molecule has 106 valence electrons. The Morgan fingerprint density at radius 1 is 1.47 bits per heavy atom. The number of nitrogens with one attached hydrogen (secondary N) is 2. The van der Waals surface area contributed by atoms with Gasteiger partial charge in [0.1, 0.15) is 0 Å². The van der Waals surface area contributed by atoms with Gasteiger partial charge < -0.3 is 5.32 Å². The first-order valence-corrected chi connectivity index (χ1v) is 7.07. The van der Waals surface area contributed by atoms with Crippen LogP contribution in [0.1, 0.15) is 59.6 Å². The lowest BCUT2D eigenvalue weighted by Gasteiger charge is -2.25. The first kappa shape index (κ1) is 14.1. The number of aromatic nitrogens is 2. The van der Waals surface area contributed by atoms with E-state index in [1.165, 1.54) is 0 Å². The minimum absolute atomic E-state index is 0.0165. The maximum atomic E-state index is 12.3. The molecule has 2 rings (SSSR count).